The van der Waals surface area contributed by atoms with Crippen LogP contribution in [0, 0.1) is 11.3 Å². The summed E-state index contributed by atoms with van der Waals surface area (Å²) < 4.78 is 44.6. The van der Waals surface area contributed by atoms with Crippen molar-refractivity contribution < 1.29 is 22.7 Å². The van der Waals surface area contributed by atoms with Crippen LogP contribution in [0.1, 0.15) is 24.8 Å². The highest BCUT2D eigenvalue weighted by Gasteiger charge is 2.59. The number of nitrogens with zero attached hydrogens (tertiary/aromatic N) is 2. The largest absolute Gasteiger partial charge is 0.469 e. The number of rotatable bonds is 3. The van der Waals surface area contributed by atoms with E-state index in [1.807, 2.05) is 0 Å². The van der Waals surface area contributed by atoms with Crippen LogP contribution < -0.4 is 4.90 Å². The Balaban J connectivity index is 1.48. The van der Waals surface area contributed by atoms with Crippen molar-refractivity contribution in [3.8, 4) is 11.3 Å². The average molecular weight is 396 g/mol. The minimum atomic E-state index is -4.41. The Bertz CT molecular complexity index is 857. The summed E-state index contributed by atoms with van der Waals surface area (Å²) in [6.07, 6.45) is -1.79. The van der Waals surface area contributed by atoms with Crippen LogP contribution in [0.25, 0.3) is 11.3 Å². The standard InChI is InChI=1S/C19H19F3N2O2S/c1-26-16(25)14-10-18(14)6-8-24(9-7-18)17-23-15(11-27-17)12-4-2-3-5-13(12)19(20,21)22/h2-5,11,14H,6-10H2,1H3. The summed E-state index contributed by atoms with van der Waals surface area (Å²) in [5, 5.41) is 2.41. The quantitative estimate of drug-likeness (QED) is 0.711. The number of benzene rings is 1. The van der Waals surface area contributed by atoms with Crippen molar-refractivity contribution in [3.63, 3.8) is 0 Å². The Morgan fingerprint density at radius 2 is 2.00 bits per heavy atom. The van der Waals surface area contributed by atoms with Gasteiger partial charge >= 0.3 is 12.1 Å². The molecule has 2 heterocycles. The van der Waals surface area contributed by atoms with Crippen molar-refractivity contribution in [2.45, 2.75) is 25.4 Å². The Hall–Kier alpha value is -2.09. The molecule has 1 aromatic carbocycles. The highest BCUT2D eigenvalue weighted by atomic mass is 32.1. The van der Waals surface area contributed by atoms with Crippen LogP contribution in [0.4, 0.5) is 18.3 Å². The molecule has 4 rings (SSSR count). The van der Waals surface area contributed by atoms with E-state index >= 15 is 0 Å². The molecule has 1 saturated heterocycles. The fourth-order valence-corrected chi connectivity index (χ4v) is 4.89. The van der Waals surface area contributed by atoms with E-state index in [1.165, 1.54) is 30.6 Å². The molecule has 1 unspecified atom stereocenters. The topological polar surface area (TPSA) is 42.4 Å². The number of hydrogen-bond acceptors (Lipinski definition) is 5. The van der Waals surface area contributed by atoms with Gasteiger partial charge in [-0.25, -0.2) is 4.98 Å². The molecule has 1 aliphatic heterocycles. The van der Waals surface area contributed by atoms with E-state index in [9.17, 15) is 18.0 Å². The van der Waals surface area contributed by atoms with Crippen molar-refractivity contribution in [2.75, 3.05) is 25.1 Å². The number of thiazole rings is 1. The number of piperidine rings is 1. The monoisotopic (exact) mass is 396 g/mol. The maximum atomic E-state index is 13.2. The van der Waals surface area contributed by atoms with Gasteiger partial charge in [0.05, 0.1) is 24.3 Å². The molecule has 4 nitrogen and oxygen atoms in total. The van der Waals surface area contributed by atoms with Crippen molar-refractivity contribution in [2.24, 2.45) is 11.3 Å². The predicted octanol–water partition coefficient (Wildman–Crippen LogP) is 4.61. The van der Waals surface area contributed by atoms with Crippen LogP contribution >= 0.6 is 11.3 Å². The Labute approximate surface area is 159 Å². The fourth-order valence-electron chi connectivity index (χ4n) is 4.01. The predicted molar refractivity (Wildman–Crippen MR) is 96.6 cm³/mol. The number of hydrogen-bond donors (Lipinski definition) is 0. The fraction of sp³-hybridized carbons (Fsp3) is 0.474. The molecule has 1 atom stereocenters. The molecule has 27 heavy (non-hydrogen) atoms. The number of alkyl halides is 3. The number of ether oxygens (including phenoxy) is 1. The Morgan fingerprint density at radius 1 is 1.30 bits per heavy atom. The van der Waals surface area contributed by atoms with Crippen LogP contribution in [-0.4, -0.2) is 31.2 Å². The SMILES string of the molecule is COC(=O)C1CC12CCN(c1nc(-c3ccccc3C(F)(F)F)cs1)CC2. The van der Waals surface area contributed by atoms with Gasteiger partial charge in [0.2, 0.25) is 0 Å². The van der Waals surface area contributed by atoms with Crippen molar-refractivity contribution >= 4 is 22.4 Å². The van der Waals surface area contributed by atoms with Gasteiger partial charge in [-0.15, -0.1) is 11.3 Å². The number of carbonyl (C=O) groups excluding carboxylic acids is 1. The summed E-state index contributed by atoms with van der Waals surface area (Å²) in [4.78, 5) is 18.3. The molecule has 0 bridgehead atoms. The summed E-state index contributed by atoms with van der Waals surface area (Å²) in [7, 11) is 1.42. The van der Waals surface area contributed by atoms with Crippen LogP contribution in [0.5, 0.6) is 0 Å². The highest BCUT2D eigenvalue weighted by molar-refractivity contribution is 7.14. The van der Waals surface area contributed by atoms with Crippen LogP contribution in [0.3, 0.4) is 0 Å². The van der Waals surface area contributed by atoms with Crippen molar-refractivity contribution in [1.82, 2.24) is 4.98 Å². The molecule has 1 saturated carbocycles. The normalized spacial score (nSPS) is 21.3. The first-order valence-electron chi connectivity index (χ1n) is 8.79. The van der Waals surface area contributed by atoms with Crippen molar-refractivity contribution in [3.05, 3.63) is 35.2 Å². The lowest BCUT2D eigenvalue weighted by molar-refractivity contribution is -0.143. The second-order valence-electron chi connectivity index (χ2n) is 7.19. The summed E-state index contributed by atoms with van der Waals surface area (Å²) >= 11 is 1.36. The lowest BCUT2D eigenvalue weighted by atomic mass is 9.91. The van der Waals surface area contributed by atoms with Crippen molar-refractivity contribution in [1.29, 1.82) is 0 Å². The smallest absolute Gasteiger partial charge is 0.417 e. The molecular weight excluding hydrogens is 377 g/mol. The lowest BCUT2D eigenvalue weighted by Crippen LogP contribution is -2.35. The second-order valence-corrected chi connectivity index (χ2v) is 8.02. The first-order valence-corrected chi connectivity index (χ1v) is 9.67. The third-order valence-electron chi connectivity index (χ3n) is 5.71. The third kappa shape index (κ3) is 3.31. The van der Waals surface area contributed by atoms with Gasteiger partial charge in [-0.2, -0.15) is 13.2 Å². The van der Waals surface area contributed by atoms with Gasteiger partial charge in [-0.1, -0.05) is 18.2 Å². The second kappa shape index (κ2) is 6.51. The zero-order valence-electron chi connectivity index (χ0n) is 14.8. The van der Waals surface area contributed by atoms with E-state index in [4.69, 9.17) is 4.74 Å². The Morgan fingerprint density at radius 3 is 2.67 bits per heavy atom. The number of halogens is 3. The van der Waals surface area contributed by atoms with E-state index in [1.54, 1.807) is 11.4 Å². The van der Waals surface area contributed by atoms with Gasteiger partial charge in [-0.3, -0.25) is 4.79 Å². The maximum absolute atomic E-state index is 13.2. The molecule has 2 aliphatic rings. The summed E-state index contributed by atoms with van der Waals surface area (Å²) in [5.74, 6) is -0.140. The van der Waals surface area contributed by atoms with Crippen LogP contribution in [0.2, 0.25) is 0 Å². The molecule has 2 aromatic rings. The highest BCUT2D eigenvalue weighted by Crippen LogP contribution is 2.60. The average Bonchev–Trinajstić information content (AvgIpc) is 3.13. The number of aromatic nitrogens is 1. The van der Waals surface area contributed by atoms with Gasteiger partial charge in [0, 0.05) is 24.0 Å². The molecule has 0 radical (unpaired) electrons. The molecule has 1 spiro atoms. The van der Waals surface area contributed by atoms with Gasteiger partial charge in [0.1, 0.15) is 0 Å². The molecule has 8 heteroatoms. The summed E-state index contributed by atoms with van der Waals surface area (Å²) in [6.45, 7) is 1.50. The zero-order valence-corrected chi connectivity index (χ0v) is 15.6. The number of esters is 1. The summed E-state index contributed by atoms with van der Waals surface area (Å²) in [6, 6.07) is 5.52. The first-order chi connectivity index (χ1) is 12.8. The van der Waals surface area contributed by atoms with Gasteiger partial charge < -0.3 is 9.64 Å². The Kier molecular flexibility index (Phi) is 4.41. The van der Waals surface area contributed by atoms with Gasteiger partial charge in [-0.05, 0) is 30.7 Å². The molecule has 0 N–H and O–H groups in total. The van der Waals surface area contributed by atoms with Crippen LogP contribution in [-0.2, 0) is 15.7 Å². The number of carbonyl (C=O) groups is 1. The molecule has 0 amide bonds. The maximum Gasteiger partial charge on any atom is 0.417 e. The molecule has 144 valence electrons. The van der Waals surface area contributed by atoms with Gasteiger partial charge in [0.15, 0.2) is 5.13 Å². The molecular formula is C19H19F3N2O2S. The zero-order chi connectivity index (χ0) is 19.2. The van der Waals surface area contributed by atoms with Crippen LogP contribution in [0.15, 0.2) is 29.6 Å². The summed E-state index contributed by atoms with van der Waals surface area (Å²) in [5.41, 5.74) is -0.165. The minimum Gasteiger partial charge on any atom is -0.469 e. The number of methoxy groups -OCH3 is 1. The molecule has 1 aromatic heterocycles. The van der Waals surface area contributed by atoms with E-state index < -0.39 is 11.7 Å². The molecule has 2 fully saturated rings. The van der Waals surface area contributed by atoms with E-state index in [-0.39, 0.29) is 22.9 Å². The third-order valence-corrected chi connectivity index (χ3v) is 6.61. The van der Waals surface area contributed by atoms with E-state index in [2.05, 4.69) is 9.88 Å². The van der Waals surface area contributed by atoms with E-state index in [0.29, 0.717) is 5.69 Å². The molecule has 1 aliphatic carbocycles. The lowest BCUT2D eigenvalue weighted by Gasteiger charge is -2.32. The van der Waals surface area contributed by atoms with E-state index in [0.717, 1.165) is 43.5 Å². The number of anilines is 1. The minimum absolute atomic E-state index is 0.00447. The van der Waals surface area contributed by atoms with Gasteiger partial charge in [0.25, 0.3) is 0 Å². The first kappa shape index (κ1) is 18.3.